The van der Waals surface area contributed by atoms with Crippen molar-refractivity contribution >= 4 is 32.7 Å². The Kier molecular flexibility index (Phi) is 3.72. The molecule has 0 fully saturated rings. The molecular formula is C34H20O. The normalized spacial score (nSPS) is 12.0. The van der Waals surface area contributed by atoms with Crippen molar-refractivity contribution < 1.29 is 4.42 Å². The Morgan fingerprint density at radius 2 is 0.943 bits per heavy atom. The largest absolute Gasteiger partial charge is 0.455 e. The molecule has 1 heteroatoms. The molecule has 0 saturated carbocycles. The van der Waals surface area contributed by atoms with E-state index in [2.05, 4.69) is 115 Å². The Hall–Kier alpha value is -4.62. The van der Waals surface area contributed by atoms with E-state index >= 15 is 0 Å². The lowest BCUT2D eigenvalue weighted by molar-refractivity contribution is 0.671. The molecule has 35 heavy (non-hydrogen) atoms. The molecule has 0 N–H and O–H groups in total. The van der Waals surface area contributed by atoms with Crippen LogP contribution in [0.5, 0.6) is 0 Å². The van der Waals surface area contributed by atoms with Gasteiger partial charge in [-0.2, -0.15) is 0 Å². The van der Waals surface area contributed by atoms with Gasteiger partial charge in [-0.15, -0.1) is 0 Å². The van der Waals surface area contributed by atoms with Gasteiger partial charge in [-0.3, -0.25) is 0 Å². The van der Waals surface area contributed by atoms with Crippen molar-refractivity contribution in [3.05, 3.63) is 121 Å². The molecule has 1 heterocycles. The van der Waals surface area contributed by atoms with Gasteiger partial charge in [0, 0.05) is 21.9 Å². The fraction of sp³-hybridized carbons (Fsp3) is 0. The molecule has 0 atom stereocenters. The highest BCUT2D eigenvalue weighted by atomic mass is 16.3. The van der Waals surface area contributed by atoms with Crippen molar-refractivity contribution in [2.24, 2.45) is 0 Å². The van der Waals surface area contributed by atoms with Gasteiger partial charge in [-0.05, 0) is 56.3 Å². The lowest BCUT2D eigenvalue weighted by Gasteiger charge is -2.08. The first-order valence-electron chi connectivity index (χ1n) is 12.0. The van der Waals surface area contributed by atoms with Gasteiger partial charge >= 0.3 is 0 Å². The maximum atomic E-state index is 6.69. The van der Waals surface area contributed by atoms with Crippen LogP contribution in [0.2, 0.25) is 0 Å². The van der Waals surface area contributed by atoms with E-state index in [0.29, 0.717) is 0 Å². The molecule has 1 aliphatic rings. The molecule has 0 saturated heterocycles. The van der Waals surface area contributed by atoms with E-state index < -0.39 is 0 Å². The van der Waals surface area contributed by atoms with Crippen LogP contribution in [0.25, 0.3) is 77.2 Å². The zero-order valence-electron chi connectivity index (χ0n) is 19.0. The predicted molar refractivity (Wildman–Crippen MR) is 147 cm³/mol. The molecule has 0 radical (unpaired) electrons. The second-order valence-electron chi connectivity index (χ2n) is 9.31. The van der Waals surface area contributed by atoms with Crippen LogP contribution in [0.15, 0.2) is 126 Å². The van der Waals surface area contributed by atoms with Gasteiger partial charge in [0.15, 0.2) is 0 Å². The number of para-hydroxylation sites is 2. The van der Waals surface area contributed by atoms with Crippen LogP contribution in [-0.2, 0) is 0 Å². The Morgan fingerprint density at radius 1 is 0.371 bits per heavy atom. The summed E-state index contributed by atoms with van der Waals surface area (Å²) in [6.07, 6.45) is 0. The second kappa shape index (κ2) is 6.94. The lowest BCUT2D eigenvalue weighted by Crippen LogP contribution is -1.83. The summed E-state index contributed by atoms with van der Waals surface area (Å²) >= 11 is 0. The van der Waals surface area contributed by atoms with Crippen molar-refractivity contribution in [1.29, 1.82) is 0 Å². The summed E-state index contributed by atoms with van der Waals surface area (Å²) < 4.78 is 6.69. The molecule has 1 nitrogen and oxygen atoms in total. The SMILES string of the molecule is c1ccc(-c2cccc3c2oc2c(-c4cc5c6c(cccc6c4)-c4ccccc4-5)cccc23)cc1. The van der Waals surface area contributed by atoms with Gasteiger partial charge in [0.25, 0.3) is 0 Å². The summed E-state index contributed by atoms with van der Waals surface area (Å²) in [6.45, 7) is 0. The van der Waals surface area contributed by atoms with E-state index in [1.807, 2.05) is 6.07 Å². The van der Waals surface area contributed by atoms with Crippen LogP contribution in [-0.4, -0.2) is 0 Å². The summed E-state index contributed by atoms with van der Waals surface area (Å²) in [5.74, 6) is 0. The van der Waals surface area contributed by atoms with Gasteiger partial charge in [0.05, 0.1) is 0 Å². The van der Waals surface area contributed by atoms with Crippen LogP contribution in [0.4, 0.5) is 0 Å². The first kappa shape index (κ1) is 18.8. The number of hydrogen-bond acceptors (Lipinski definition) is 1. The topological polar surface area (TPSA) is 13.1 Å². The second-order valence-corrected chi connectivity index (χ2v) is 9.31. The Morgan fingerprint density at radius 3 is 1.69 bits per heavy atom. The summed E-state index contributed by atoms with van der Waals surface area (Å²) in [4.78, 5) is 0. The number of fused-ring (bicyclic) bond motifs is 6. The Labute approximate surface area is 202 Å². The molecule has 0 aliphatic heterocycles. The first-order chi connectivity index (χ1) is 17.4. The first-order valence-corrected chi connectivity index (χ1v) is 12.0. The molecule has 0 spiro atoms. The number of rotatable bonds is 2. The minimum absolute atomic E-state index is 0.944. The third kappa shape index (κ3) is 2.58. The van der Waals surface area contributed by atoms with Gasteiger partial charge < -0.3 is 4.42 Å². The maximum absolute atomic E-state index is 6.69. The molecule has 8 rings (SSSR count). The van der Waals surface area contributed by atoms with Crippen LogP contribution < -0.4 is 0 Å². The Balaban J connectivity index is 1.42. The molecular weight excluding hydrogens is 424 g/mol. The smallest absolute Gasteiger partial charge is 0.143 e. The van der Waals surface area contributed by atoms with E-state index in [9.17, 15) is 0 Å². The number of benzene rings is 6. The minimum Gasteiger partial charge on any atom is -0.455 e. The quantitative estimate of drug-likeness (QED) is 0.259. The van der Waals surface area contributed by atoms with Gasteiger partial charge in [-0.25, -0.2) is 0 Å². The van der Waals surface area contributed by atoms with Crippen molar-refractivity contribution in [3.63, 3.8) is 0 Å². The van der Waals surface area contributed by atoms with Crippen molar-refractivity contribution in [2.45, 2.75) is 0 Å². The molecule has 1 aliphatic carbocycles. The standard InChI is InChI=1S/C34H20O/c1-2-9-21(10-3-1)24-14-7-17-29-30-18-8-15-25(34(30)35-33(24)29)23-19-22-11-6-16-28-26-12-4-5-13-27(26)31(20-23)32(22)28/h1-20H. The van der Waals surface area contributed by atoms with Crippen LogP contribution in [0.1, 0.15) is 0 Å². The number of furan rings is 1. The molecule has 6 aromatic carbocycles. The van der Waals surface area contributed by atoms with Crippen molar-refractivity contribution in [1.82, 2.24) is 0 Å². The van der Waals surface area contributed by atoms with E-state index in [1.54, 1.807) is 0 Å². The van der Waals surface area contributed by atoms with Crippen molar-refractivity contribution in [2.75, 3.05) is 0 Å². The van der Waals surface area contributed by atoms with Crippen molar-refractivity contribution in [3.8, 4) is 44.5 Å². The molecule has 0 unspecified atom stereocenters. The number of hydrogen-bond donors (Lipinski definition) is 0. The summed E-state index contributed by atoms with van der Waals surface area (Å²) in [7, 11) is 0. The fourth-order valence-corrected chi connectivity index (χ4v) is 5.87. The van der Waals surface area contributed by atoms with Crippen LogP contribution >= 0.6 is 0 Å². The highest BCUT2D eigenvalue weighted by Crippen LogP contribution is 2.49. The highest BCUT2D eigenvalue weighted by molar-refractivity contribution is 6.18. The predicted octanol–water partition coefficient (Wildman–Crippen LogP) is 9.72. The monoisotopic (exact) mass is 444 g/mol. The lowest BCUT2D eigenvalue weighted by atomic mass is 9.95. The van der Waals surface area contributed by atoms with Gasteiger partial charge in [-0.1, -0.05) is 109 Å². The zero-order chi connectivity index (χ0) is 22.9. The van der Waals surface area contributed by atoms with E-state index in [-0.39, 0.29) is 0 Å². The van der Waals surface area contributed by atoms with Gasteiger partial charge in [0.2, 0.25) is 0 Å². The summed E-state index contributed by atoms with van der Waals surface area (Å²) in [5, 5.41) is 4.92. The molecule has 7 aromatic rings. The van der Waals surface area contributed by atoms with E-state index in [0.717, 1.165) is 33.1 Å². The molecule has 0 bridgehead atoms. The average Bonchev–Trinajstić information content (AvgIpc) is 3.46. The molecule has 0 amide bonds. The Bertz CT molecular complexity index is 1940. The maximum Gasteiger partial charge on any atom is 0.143 e. The van der Waals surface area contributed by atoms with Gasteiger partial charge in [0.1, 0.15) is 11.2 Å². The average molecular weight is 445 g/mol. The third-order valence-corrected chi connectivity index (χ3v) is 7.40. The summed E-state index contributed by atoms with van der Waals surface area (Å²) in [6, 6.07) is 43.5. The zero-order valence-corrected chi connectivity index (χ0v) is 19.0. The third-order valence-electron chi connectivity index (χ3n) is 7.40. The highest BCUT2D eigenvalue weighted by Gasteiger charge is 2.23. The van der Waals surface area contributed by atoms with E-state index in [1.165, 1.54) is 44.2 Å². The fourth-order valence-electron chi connectivity index (χ4n) is 5.87. The minimum atomic E-state index is 0.944. The van der Waals surface area contributed by atoms with Crippen LogP contribution in [0.3, 0.4) is 0 Å². The summed E-state index contributed by atoms with van der Waals surface area (Å²) in [5.41, 5.74) is 11.8. The van der Waals surface area contributed by atoms with E-state index in [4.69, 9.17) is 4.42 Å². The van der Waals surface area contributed by atoms with Crippen LogP contribution in [0, 0.1) is 0 Å². The molecule has 162 valence electrons. The molecule has 1 aromatic heterocycles.